The molecule has 0 saturated carbocycles. The molecule has 4 heterocycles. The van der Waals surface area contributed by atoms with Crippen molar-refractivity contribution in [3.05, 3.63) is 70.3 Å². The van der Waals surface area contributed by atoms with E-state index in [0.29, 0.717) is 17.2 Å². The molecule has 1 aliphatic rings. The van der Waals surface area contributed by atoms with E-state index in [2.05, 4.69) is 35.9 Å². The first kappa shape index (κ1) is 21.0. The molecule has 1 fully saturated rings. The summed E-state index contributed by atoms with van der Waals surface area (Å²) < 4.78 is 10.2. The Hall–Kier alpha value is -2.88. The minimum atomic E-state index is -0.258. The number of aromatic nitrogens is 5. The highest BCUT2D eigenvalue weighted by Crippen LogP contribution is 2.29. The molecule has 5 rings (SSSR count). The van der Waals surface area contributed by atoms with E-state index in [1.54, 1.807) is 25.0 Å². The molecule has 1 aliphatic heterocycles. The molecule has 0 N–H and O–H groups in total. The largest absolute Gasteiger partial charge is 0.362 e. The summed E-state index contributed by atoms with van der Waals surface area (Å²) in [7, 11) is 3.45. The number of hydrogen-bond acceptors (Lipinski definition) is 6. The van der Waals surface area contributed by atoms with Gasteiger partial charge >= 0.3 is 0 Å². The topological polar surface area (TPSA) is 77.5 Å². The Morgan fingerprint density at radius 3 is 2.81 bits per heavy atom. The van der Waals surface area contributed by atoms with Crippen LogP contribution < -0.4 is 0 Å². The van der Waals surface area contributed by atoms with Crippen LogP contribution in [0.2, 0.25) is 0 Å². The summed E-state index contributed by atoms with van der Waals surface area (Å²) >= 11 is 3.50. The van der Waals surface area contributed by atoms with Crippen LogP contribution in [-0.2, 0) is 18.2 Å². The molecule has 3 aromatic heterocycles. The lowest BCUT2D eigenvalue weighted by Gasteiger charge is -2.37. The standard InChI is InChI=1S/C23H23BrN6O2/c1-28-21(18(13-25-28)22(32-2)29-8-4-9-29)20(31)12-17-7-10-30-14-19(27-23(30)26-17)15-5-3-6-16(24)11-15/h3,5-7,10-11,13-14,22H,4,8-9,12H2,1-2H3. The van der Waals surface area contributed by atoms with Gasteiger partial charge < -0.3 is 4.74 Å². The van der Waals surface area contributed by atoms with E-state index in [-0.39, 0.29) is 18.4 Å². The quantitative estimate of drug-likeness (QED) is 0.364. The molecule has 0 spiro atoms. The molecular formula is C23H23BrN6O2. The van der Waals surface area contributed by atoms with Crippen molar-refractivity contribution in [1.29, 1.82) is 0 Å². The number of carbonyl (C=O) groups excluding carboxylic acids is 1. The molecule has 8 nitrogen and oxygen atoms in total. The van der Waals surface area contributed by atoms with E-state index in [0.717, 1.165) is 40.8 Å². The smallest absolute Gasteiger partial charge is 0.234 e. The summed E-state index contributed by atoms with van der Waals surface area (Å²) in [5.74, 6) is 0.518. The fourth-order valence-corrected chi connectivity index (χ4v) is 4.47. The number of ether oxygens (including phenoxy) is 1. The predicted octanol–water partition coefficient (Wildman–Crippen LogP) is 3.67. The van der Waals surface area contributed by atoms with Crippen LogP contribution in [0.3, 0.4) is 0 Å². The summed E-state index contributed by atoms with van der Waals surface area (Å²) in [5.41, 5.74) is 3.85. The van der Waals surface area contributed by atoms with E-state index in [1.807, 2.05) is 47.1 Å². The second-order valence-electron chi connectivity index (χ2n) is 7.91. The van der Waals surface area contributed by atoms with Crippen LogP contribution in [0.1, 0.15) is 34.4 Å². The van der Waals surface area contributed by atoms with Crippen molar-refractivity contribution in [3.8, 4) is 11.3 Å². The maximum atomic E-state index is 13.3. The zero-order chi connectivity index (χ0) is 22.2. The Kier molecular flexibility index (Phi) is 5.62. The maximum Gasteiger partial charge on any atom is 0.234 e. The molecule has 0 amide bonds. The van der Waals surface area contributed by atoms with Crippen LogP contribution in [0.4, 0.5) is 0 Å². The van der Waals surface area contributed by atoms with Crippen LogP contribution in [0, 0.1) is 0 Å². The Balaban J connectivity index is 1.41. The number of carbonyl (C=O) groups is 1. The molecule has 9 heteroatoms. The van der Waals surface area contributed by atoms with Gasteiger partial charge in [0, 0.05) is 55.2 Å². The van der Waals surface area contributed by atoms with Crippen LogP contribution in [0.15, 0.2) is 53.4 Å². The molecule has 4 aromatic rings. The zero-order valence-electron chi connectivity index (χ0n) is 17.9. The van der Waals surface area contributed by atoms with Gasteiger partial charge in [-0.15, -0.1) is 0 Å². The lowest BCUT2D eigenvalue weighted by Crippen LogP contribution is -2.41. The summed E-state index contributed by atoms with van der Waals surface area (Å²) in [5, 5.41) is 4.33. The average molecular weight is 495 g/mol. The van der Waals surface area contributed by atoms with E-state index >= 15 is 0 Å². The number of nitrogens with zero attached hydrogens (tertiary/aromatic N) is 6. The third kappa shape index (κ3) is 3.87. The van der Waals surface area contributed by atoms with Crippen molar-refractivity contribution in [1.82, 2.24) is 29.0 Å². The van der Waals surface area contributed by atoms with Gasteiger partial charge in [-0.05, 0) is 24.6 Å². The first-order valence-corrected chi connectivity index (χ1v) is 11.3. The highest BCUT2D eigenvalue weighted by molar-refractivity contribution is 9.10. The van der Waals surface area contributed by atoms with Crippen LogP contribution >= 0.6 is 15.9 Å². The number of fused-ring (bicyclic) bond motifs is 1. The van der Waals surface area contributed by atoms with Crippen LogP contribution in [0.25, 0.3) is 17.0 Å². The first-order valence-electron chi connectivity index (χ1n) is 10.5. The van der Waals surface area contributed by atoms with Crippen molar-refractivity contribution in [3.63, 3.8) is 0 Å². The highest BCUT2D eigenvalue weighted by Gasteiger charge is 2.31. The molecule has 0 radical (unpaired) electrons. The summed E-state index contributed by atoms with van der Waals surface area (Å²) in [4.78, 5) is 24.7. The van der Waals surface area contributed by atoms with E-state index < -0.39 is 0 Å². The molecule has 0 aliphatic carbocycles. The summed E-state index contributed by atoms with van der Waals surface area (Å²) in [6.45, 7) is 1.92. The van der Waals surface area contributed by atoms with Gasteiger partial charge in [-0.1, -0.05) is 28.1 Å². The third-order valence-electron chi connectivity index (χ3n) is 5.79. The highest BCUT2D eigenvalue weighted by atomic mass is 79.9. The minimum Gasteiger partial charge on any atom is -0.362 e. The minimum absolute atomic E-state index is 0.0433. The Morgan fingerprint density at radius 2 is 2.09 bits per heavy atom. The normalized spacial score (nSPS) is 15.1. The first-order chi connectivity index (χ1) is 15.5. The summed E-state index contributed by atoms with van der Waals surface area (Å²) in [6, 6.07) is 9.83. The number of methoxy groups -OCH3 is 1. The van der Waals surface area contributed by atoms with Gasteiger partial charge in [-0.2, -0.15) is 5.10 Å². The van der Waals surface area contributed by atoms with Crippen LogP contribution in [0.5, 0.6) is 0 Å². The number of aryl methyl sites for hydroxylation is 1. The van der Waals surface area contributed by atoms with Gasteiger partial charge in [0.2, 0.25) is 5.78 Å². The van der Waals surface area contributed by atoms with Gasteiger partial charge in [0.25, 0.3) is 0 Å². The van der Waals surface area contributed by atoms with Crippen molar-refractivity contribution >= 4 is 27.5 Å². The number of benzene rings is 1. The monoisotopic (exact) mass is 494 g/mol. The van der Waals surface area contributed by atoms with Gasteiger partial charge in [-0.25, -0.2) is 9.97 Å². The van der Waals surface area contributed by atoms with Crippen molar-refractivity contribution in [2.24, 2.45) is 7.05 Å². The fraction of sp³-hybridized carbons (Fsp3) is 0.304. The molecule has 1 unspecified atom stereocenters. The molecule has 1 saturated heterocycles. The van der Waals surface area contributed by atoms with E-state index in [4.69, 9.17) is 4.74 Å². The molecule has 1 aromatic carbocycles. The van der Waals surface area contributed by atoms with Gasteiger partial charge in [0.05, 0.1) is 24.0 Å². The second-order valence-corrected chi connectivity index (χ2v) is 8.83. The Bertz CT molecular complexity index is 1290. The SMILES string of the molecule is COC(c1cnn(C)c1C(=O)Cc1ccn2cc(-c3cccc(Br)c3)nc2n1)N1CCC1. The van der Waals surface area contributed by atoms with Gasteiger partial charge in [0.15, 0.2) is 5.78 Å². The number of imidazole rings is 1. The Morgan fingerprint density at radius 1 is 1.25 bits per heavy atom. The predicted molar refractivity (Wildman–Crippen MR) is 123 cm³/mol. The number of rotatable bonds is 7. The van der Waals surface area contributed by atoms with Crippen molar-refractivity contribution in [2.75, 3.05) is 20.2 Å². The summed E-state index contributed by atoms with van der Waals surface area (Å²) in [6.07, 6.45) is 6.60. The molecule has 32 heavy (non-hydrogen) atoms. The molecule has 164 valence electrons. The second kappa shape index (κ2) is 8.57. The van der Waals surface area contributed by atoms with E-state index in [1.165, 1.54) is 0 Å². The van der Waals surface area contributed by atoms with E-state index in [9.17, 15) is 4.79 Å². The number of halogens is 1. The van der Waals surface area contributed by atoms with Crippen LogP contribution in [-0.4, -0.2) is 55.0 Å². The maximum absolute atomic E-state index is 13.3. The molecule has 0 bridgehead atoms. The Labute approximate surface area is 194 Å². The number of ketones is 1. The molecule has 1 atom stereocenters. The van der Waals surface area contributed by atoms with Crippen molar-refractivity contribution in [2.45, 2.75) is 19.1 Å². The lowest BCUT2D eigenvalue weighted by molar-refractivity contribution is -0.0665. The molecular weight excluding hydrogens is 472 g/mol. The number of hydrogen-bond donors (Lipinski definition) is 0. The average Bonchev–Trinajstić information content (AvgIpc) is 3.33. The van der Waals surface area contributed by atoms with Gasteiger partial charge in [-0.3, -0.25) is 18.8 Å². The lowest BCUT2D eigenvalue weighted by atomic mass is 10.0. The fourth-order valence-electron chi connectivity index (χ4n) is 4.07. The van der Waals surface area contributed by atoms with Gasteiger partial charge in [0.1, 0.15) is 11.9 Å². The zero-order valence-corrected chi connectivity index (χ0v) is 19.5. The van der Waals surface area contributed by atoms with Crippen molar-refractivity contribution < 1.29 is 9.53 Å². The number of likely N-dealkylation sites (tertiary alicyclic amines) is 1. The third-order valence-corrected chi connectivity index (χ3v) is 6.28. The number of Topliss-reactive ketones (excluding diaryl/α,β-unsaturated/α-hetero) is 1.